The molecule has 1 aromatic rings. The minimum atomic E-state index is -4.43. The smallest absolute Gasteiger partial charge is 0.351 e. The molecule has 0 spiro atoms. The summed E-state index contributed by atoms with van der Waals surface area (Å²) in [5.41, 5.74) is -0.801. The van der Waals surface area contributed by atoms with E-state index in [0.717, 1.165) is 17.2 Å². The van der Waals surface area contributed by atoms with Crippen molar-refractivity contribution in [3.8, 4) is 0 Å². The third-order valence-corrected chi connectivity index (χ3v) is 4.57. The first-order valence-electron chi connectivity index (χ1n) is 7.89. The van der Waals surface area contributed by atoms with Crippen molar-refractivity contribution in [1.29, 1.82) is 0 Å². The molecule has 24 heavy (non-hydrogen) atoms. The standard InChI is InChI=1S/C15H20ClF3N4O/c1-3-20-14(24)10(2)22-4-6-23(7-5-22)13-12(16)8-11(9-21-13)15(17,18)19/h8-10H,3-7H2,1-2H3,(H,20,24)/p+2/t10-/m0/s1. The Hall–Kier alpha value is -1.54. The SMILES string of the molecule is CCNC(=O)[C@H](C)[NH+]1CCN(c2[nH+]cc(C(F)(F)F)cc2Cl)CC1. The van der Waals surface area contributed by atoms with Crippen LogP contribution in [0.1, 0.15) is 19.4 Å². The van der Waals surface area contributed by atoms with Gasteiger partial charge in [0.2, 0.25) is 0 Å². The van der Waals surface area contributed by atoms with Crippen LogP contribution in [0.5, 0.6) is 0 Å². The molecule has 0 saturated carbocycles. The van der Waals surface area contributed by atoms with Crippen LogP contribution in [0.4, 0.5) is 19.0 Å². The molecule has 3 N–H and O–H groups in total. The van der Waals surface area contributed by atoms with Crippen LogP contribution in [-0.2, 0) is 11.0 Å². The number of anilines is 1. The Morgan fingerprint density at radius 3 is 2.58 bits per heavy atom. The number of aromatic amines is 1. The molecular weight excluding hydrogens is 345 g/mol. The first kappa shape index (κ1) is 18.8. The van der Waals surface area contributed by atoms with Gasteiger partial charge in [-0.15, -0.1) is 0 Å². The normalized spacial score (nSPS) is 17.7. The van der Waals surface area contributed by atoms with E-state index in [2.05, 4.69) is 10.3 Å². The molecule has 1 aliphatic heterocycles. The monoisotopic (exact) mass is 366 g/mol. The maximum atomic E-state index is 12.7. The van der Waals surface area contributed by atoms with Gasteiger partial charge in [0.25, 0.3) is 11.7 Å². The van der Waals surface area contributed by atoms with Crippen LogP contribution in [0, 0.1) is 0 Å². The molecule has 5 nitrogen and oxygen atoms in total. The van der Waals surface area contributed by atoms with Crippen molar-refractivity contribution >= 4 is 23.3 Å². The van der Waals surface area contributed by atoms with Gasteiger partial charge in [0.15, 0.2) is 6.04 Å². The van der Waals surface area contributed by atoms with Gasteiger partial charge in [-0.25, -0.2) is 9.88 Å². The second-order valence-corrected chi connectivity index (χ2v) is 6.25. The van der Waals surface area contributed by atoms with Crippen molar-refractivity contribution in [2.75, 3.05) is 37.6 Å². The van der Waals surface area contributed by atoms with E-state index >= 15 is 0 Å². The fourth-order valence-corrected chi connectivity index (χ4v) is 3.12. The second kappa shape index (κ2) is 7.57. The van der Waals surface area contributed by atoms with E-state index in [0.29, 0.717) is 38.5 Å². The van der Waals surface area contributed by atoms with E-state index < -0.39 is 11.7 Å². The Labute approximate surface area is 143 Å². The lowest BCUT2D eigenvalue weighted by Gasteiger charge is -2.31. The number of hydrogen-bond acceptors (Lipinski definition) is 2. The number of rotatable bonds is 4. The first-order valence-corrected chi connectivity index (χ1v) is 8.27. The first-order chi connectivity index (χ1) is 11.2. The topological polar surface area (TPSA) is 50.9 Å². The van der Waals surface area contributed by atoms with E-state index in [-0.39, 0.29) is 17.0 Å². The maximum absolute atomic E-state index is 12.7. The second-order valence-electron chi connectivity index (χ2n) is 5.84. The van der Waals surface area contributed by atoms with Crippen LogP contribution >= 0.6 is 11.6 Å². The van der Waals surface area contributed by atoms with Gasteiger partial charge in [-0.3, -0.25) is 4.79 Å². The van der Waals surface area contributed by atoms with Crippen LogP contribution < -0.4 is 20.1 Å². The van der Waals surface area contributed by atoms with Crippen LogP contribution in [0.15, 0.2) is 12.3 Å². The molecule has 1 aromatic heterocycles. The third kappa shape index (κ3) is 4.30. The molecule has 1 atom stereocenters. The number of likely N-dealkylation sites (N-methyl/N-ethyl adjacent to an activating group) is 1. The summed E-state index contributed by atoms with van der Waals surface area (Å²) < 4.78 is 38.1. The summed E-state index contributed by atoms with van der Waals surface area (Å²) in [6.45, 7) is 7.00. The lowest BCUT2D eigenvalue weighted by atomic mass is 10.2. The van der Waals surface area contributed by atoms with Gasteiger partial charge in [-0.1, -0.05) is 11.6 Å². The van der Waals surface area contributed by atoms with Crippen molar-refractivity contribution in [2.45, 2.75) is 26.1 Å². The number of carbonyl (C=O) groups excluding carboxylic acids is 1. The van der Waals surface area contributed by atoms with Gasteiger partial charge < -0.3 is 10.2 Å². The van der Waals surface area contributed by atoms with Gasteiger partial charge >= 0.3 is 6.18 Å². The van der Waals surface area contributed by atoms with E-state index in [1.807, 2.05) is 18.7 Å². The zero-order valence-electron chi connectivity index (χ0n) is 13.6. The lowest BCUT2D eigenvalue weighted by Crippen LogP contribution is -3.19. The molecule has 2 rings (SSSR count). The third-order valence-electron chi connectivity index (χ3n) is 4.28. The number of piperazine rings is 1. The quantitative estimate of drug-likeness (QED) is 0.810. The fraction of sp³-hybridized carbons (Fsp3) is 0.600. The number of pyridine rings is 1. The molecule has 0 aliphatic carbocycles. The number of halogens is 4. The summed E-state index contributed by atoms with van der Waals surface area (Å²) in [5, 5.41) is 2.85. The number of amides is 1. The molecule has 134 valence electrons. The Morgan fingerprint density at radius 2 is 2.08 bits per heavy atom. The van der Waals surface area contributed by atoms with Crippen LogP contribution in [0.2, 0.25) is 5.02 Å². The molecule has 0 radical (unpaired) electrons. The zero-order valence-corrected chi connectivity index (χ0v) is 14.4. The van der Waals surface area contributed by atoms with Crippen LogP contribution in [0.3, 0.4) is 0 Å². The van der Waals surface area contributed by atoms with E-state index in [1.54, 1.807) is 0 Å². The number of nitrogens with one attached hydrogen (secondary N) is 3. The number of alkyl halides is 3. The number of nitrogens with zero attached hydrogens (tertiary/aromatic N) is 1. The van der Waals surface area contributed by atoms with Crippen molar-refractivity contribution in [3.63, 3.8) is 0 Å². The van der Waals surface area contributed by atoms with E-state index in [9.17, 15) is 18.0 Å². The van der Waals surface area contributed by atoms with Gasteiger partial charge in [-0.2, -0.15) is 13.2 Å². The predicted octanol–water partition coefficient (Wildman–Crippen LogP) is 0.402. The molecule has 0 aromatic carbocycles. The molecule has 1 saturated heterocycles. The molecule has 9 heteroatoms. The highest BCUT2D eigenvalue weighted by atomic mass is 35.5. The number of H-pyrrole nitrogens is 1. The van der Waals surface area contributed by atoms with Crippen LogP contribution in [-0.4, -0.2) is 44.7 Å². The average Bonchev–Trinajstić information content (AvgIpc) is 2.53. The molecule has 2 heterocycles. The molecule has 0 unspecified atom stereocenters. The van der Waals surface area contributed by atoms with E-state index in [4.69, 9.17) is 11.6 Å². The number of carbonyl (C=O) groups is 1. The van der Waals surface area contributed by atoms with Gasteiger partial charge in [0.05, 0.1) is 5.56 Å². The summed E-state index contributed by atoms with van der Waals surface area (Å²) in [4.78, 5) is 17.6. The largest absolute Gasteiger partial charge is 0.419 e. The Balaban J connectivity index is 2.01. The Bertz CT molecular complexity index is 589. The minimum absolute atomic E-state index is 0.0140. The van der Waals surface area contributed by atoms with Crippen molar-refractivity contribution in [3.05, 3.63) is 22.8 Å². The predicted molar refractivity (Wildman–Crippen MR) is 84.1 cm³/mol. The molecule has 0 bridgehead atoms. The van der Waals surface area contributed by atoms with E-state index in [1.165, 1.54) is 0 Å². The molecule has 1 fully saturated rings. The fourth-order valence-electron chi connectivity index (χ4n) is 2.83. The molecule has 1 aliphatic rings. The number of aromatic nitrogens is 1. The number of hydrogen-bond donors (Lipinski definition) is 2. The lowest BCUT2D eigenvalue weighted by molar-refractivity contribution is -0.914. The minimum Gasteiger partial charge on any atom is -0.351 e. The average molecular weight is 367 g/mol. The van der Waals surface area contributed by atoms with Gasteiger partial charge in [0, 0.05) is 6.54 Å². The van der Waals surface area contributed by atoms with Crippen molar-refractivity contribution in [2.24, 2.45) is 0 Å². The summed E-state index contributed by atoms with van der Waals surface area (Å²) >= 11 is 6.02. The summed E-state index contributed by atoms with van der Waals surface area (Å²) in [6.07, 6.45) is -3.50. The highest BCUT2D eigenvalue weighted by molar-refractivity contribution is 6.32. The van der Waals surface area contributed by atoms with Crippen molar-refractivity contribution < 1.29 is 27.8 Å². The summed E-state index contributed by atoms with van der Waals surface area (Å²) in [7, 11) is 0. The Morgan fingerprint density at radius 1 is 1.46 bits per heavy atom. The number of quaternary nitrogens is 1. The summed E-state index contributed by atoms with van der Waals surface area (Å²) in [5.74, 6) is 0.495. The highest BCUT2D eigenvalue weighted by Crippen LogP contribution is 2.31. The summed E-state index contributed by atoms with van der Waals surface area (Å²) in [6, 6.07) is 0.781. The van der Waals surface area contributed by atoms with Gasteiger partial charge in [-0.05, 0) is 19.9 Å². The van der Waals surface area contributed by atoms with Crippen molar-refractivity contribution in [1.82, 2.24) is 5.32 Å². The maximum Gasteiger partial charge on any atom is 0.419 e. The molecular formula is C15H22ClF3N4O+2. The van der Waals surface area contributed by atoms with Crippen LogP contribution in [0.25, 0.3) is 0 Å². The highest BCUT2D eigenvalue weighted by Gasteiger charge is 2.36. The zero-order chi connectivity index (χ0) is 17.9. The van der Waals surface area contributed by atoms with Gasteiger partial charge in [0.1, 0.15) is 37.4 Å². The molecule has 1 amide bonds. The Kier molecular flexibility index (Phi) is 5.92.